The maximum Gasteiger partial charge on any atom is 0.338 e. The van der Waals surface area contributed by atoms with Gasteiger partial charge in [0.2, 0.25) is 0 Å². The van der Waals surface area contributed by atoms with Gasteiger partial charge in [0.1, 0.15) is 0 Å². The number of hydrogen-bond donors (Lipinski definition) is 0. The van der Waals surface area contributed by atoms with E-state index in [9.17, 15) is 9.59 Å². The van der Waals surface area contributed by atoms with E-state index in [1.165, 1.54) is 180 Å². The summed E-state index contributed by atoms with van der Waals surface area (Å²) < 4.78 is 11.3. The quantitative estimate of drug-likeness (QED) is 0.0491. The molecule has 1 rings (SSSR count). The van der Waals surface area contributed by atoms with Gasteiger partial charge in [-0.05, 0) is 109 Å². The molecule has 6 nitrogen and oxygen atoms in total. The number of rotatable bonds is 40. The zero-order chi connectivity index (χ0) is 39.2. The van der Waals surface area contributed by atoms with Crippen molar-refractivity contribution in [2.45, 2.75) is 207 Å². The first kappa shape index (κ1) is 50.1. The van der Waals surface area contributed by atoms with Gasteiger partial charge in [0.15, 0.2) is 0 Å². The highest BCUT2D eigenvalue weighted by molar-refractivity contribution is 5.95. The standard InChI is InChI=1S/C48H88N2O4/c1-5-9-13-17-21-25-36-49(37-26-22-18-14-10-6-2)40-29-31-42-53-47(51)45-34-33-35-46(44-45)48(52)54-43-32-30-41-50(38-27-23-19-15-11-7-3)39-28-24-20-16-12-8-4/h33-35,44H,5-32,36-43H2,1-4H3. The van der Waals surface area contributed by atoms with Gasteiger partial charge >= 0.3 is 11.9 Å². The van der Waals surface area contributed by atoms with Crippen LogP contribution in [0.4, 0.5) is 0 Å². The fourth-order valence-corrected chi connectivity index (χ4v) is 7.28. The molecule has 0 heterocycles. The summed E-state index contributed by atoms with van der Waals surface area (Å²) in [5.41, 5.74) is 0.828. The molecule has 0 saturated heterocycles. The van der Waals surface area contributed by atoms with Crippen molar-refractivity contribution in [2.24, 2.45) is 0 Å². The molecule has 6 heteroatoms. The van der Waals surface area contributed by atoms with E-state index in [1.54, 1.807) is 24.3 Å². The van der Waals surface area contributed by atoms with Crippen LogP contribution in [0.5, 0.6) is 0 Å². The lowest BCUT2D eigenvalue weighted by atomic mass is 10.1. The van der Waals surface area contributed by atoms with Crippen molar-refractivity contribution in [3.05, 3.63) is 35.4 Å². The van der Waals surface area contributed by atoms with Gasteiger partial charge in [0, 0.05) is 0 Å². The third kappa shape index (κ3) is 29.4. The number of carbonyl (C=O) groups is 2. The Morgan fingerprint density at radius 2 is 0.648 bits per heavy atom. The summed E-state index contributed by atoms with van der Waals surface area (Å²) in [4.78, 5) is 31.0. The molecule has 0 aromatic heterocycles. The summed E-state index contributed by atoms with van der Waals surface area (Å²) in [6.45, 7) is 16.8. The van der Waals surface area contributed by atoms with Gasteiger partial charge in [-0.3, -0.25) is 0 Å². The van der Waals surface area contributed by atoms with Crippen LogP contribution in [0.2, 0.25) is 0 Å². The van der Waals surface area contributed by atoms with Crippen molar-refractivity contribution in [2.75, 3.05) is 52.5 Å². The van der Waals surface area contributed by atoms with Gasteiger partial charge in [-0.2, -0.15) is 0 Å². The molecule has 1 aromatic carbocycles. The first-order chi connectivity index (χ1) is 26.5. The number of hydrogen-bond acceptors (Lipinski definition) is 6. The van der Waals surface area contributed by atoms with Gasteiger partial charge in [-0.1, -0.05) is 162 Å². The molecule has 0 radical (unpaired) electrons. The highest BCUT2D eigenvalue weighted by Gasteiger charge is 2.13. The zero-order valence-electron chi connectivity index (χ0n) is 36.3. The lowest BCUT2D eigenvalue weighted by molar-refractivity contribution is 0.0493. The Hall–Kier alpha value is -1.92. The summed E-state index contributed by atoms with van der Waals surface area (Å²) in [6.07, 6.45) is 35.7. The van der Waals surface area contributed by atoms with E-state index in [-0.39, 0.29) is 11.9 Å². The average Bonchev–Trinajstić information content (AvgIpc) is 3.19. The summed E-state index contributed by atoms with van der Waals surface area (Å²) in [5.74, 6) is -0.729. The van der Waals surface area contributed by atoms with E-state index in [0.29, 0.717) is 24.3 Å². The van der Waals surface area contributed by atoms with Gasteiger partial charge in [-0.25, -0.2) is 9.59 Å². The number of benzene rings is 1. The fraction of sp³-hybridized carbons (Fsp3) is 0.833. The molecule has 0 N–H and O–H groups in total. The molecule has 54 heavy (non-hydrogen) atoms. The third-order valence-electron chi connectivity index (χ3n) is 10.8. The normalized spacial score (nSPS) is 11.5. The summed E-state index contributed by atoms with van der Waals surface area (Å²) >= 11 is 0. The van der Waals surface area contributed by atoms with Gasteiger partial charge in [-0.15, -0.1) is 0 Å². The third-order valence-corrected chi connectivity index (χ3v) is 10.8. The molecule has 314 valence electrons. The summed E-state index contributed by atoms with van der Waals surface area (Å²) in [5, 5.41) is 0. The monoisotopic (exact) mass is 757 g/mol. The molecular formula is C48H88N2O4. The second-order valence-corrected chi connectivity index (χ2v) is 16.0. The maximum atomic E-state index is 12.9. The number of nitrogens with zero attached hydrogens (tertiary/aromatic N) is 2. The van der Waals surface area contributed by atoms with Crippen molar-refractivity contribution < 1.29 is 19.1 Å². The van der Waals surface area contributed by atoms with E-state index >= 15 is 0 Å². The van der Waals surface area contributed by atoms with Crippen LogP contribution >= 0.6 is 0 Å². The predicted octanol–water partition coefficient (Wildman–Crippen LogP) is 13.6. The molecule has 0 saturated carbocycles. The maximum absolute atomic E-state index is 12.9. The van der Waals surface area contributed by atoms with Crippen LogP contribution in [-0.4, -0.2) is 74.2 Å². The summed E-state index contributed by atoms with van der Waals surface area (Å²) in [7, 11) is 0. The van der Waals surface area contributed by atoms with Crippen LogP contribution < -0.4 is 0 Å². The van der Waals surface area contributed by atoms with Crippen LogP contribution in [0.1, 0.15) is 228 Å². The first-order valence-electron chi connectivity index (χ1n) is 23.4. The molecule has 0 amide bonds. The second-order valence-electron chi connectivity index (χ2n) is 16.0. The Balaban J connectivity index is 2.41. The Bertz CT molecular complexity index is 880. The smallest absolute Gasteiger partial charge is 0.338 e. The van der Waals surface area contributed by atoms with Crippen molar-refractivity contribution in [1.29, 1.82) is 0 Å². The zero-order valence-corrected chi connectivity index (χ0v) is 36.3. The van der Waals surface area contributed by atoms with E-state index in [2.05, 4.69) is 37.5 Å². The first-order valence-corrected chi connectivity index (χ1v) is 23.4. The van der Waals surface area contributed by atoms with Crippen LogP contribution in [0.3, 0.4) is 0 Å². The van der Waals surface area contributed by atoms with Gasteiger partial charge in [0.05, 0.1) is 24.3 Å². The topological polar surface area (TPSA) is 59.1 Å². The fourth-order valence-electron chi connectivity index (χ4n) is 7.28. The SMILES string of the molecule is CCCCCCCCN(CCCCCCCC)CCCCOC(=O)c1cccc(C(=O)OCCCCN(CCCCCCCC)CCCCCCCC)c1. The van der Waals surface area contributed by atoms with E-state index in [4.69, 9.17) is 9.47 Å². The summed E-state index contributed by atoms with van der Waals surface area (Å²) in [6, 6.07) is 6.82. The van der Waals surface area contributed by atoms with Gasteiger partial charge in [0.25, 0.3) is 0 Å². The van der Waals surface area contributed by atoms with Crippen LogP contribution in [-0.2, 0) is 9.47 Å². The average molecular weight is 757 g/mol. The van der Waals surface area contributed by atoms with Crippen LogP contribution in [0.25, 0.3) is 0 Å². The van der Waals surface area contributed by atoms with Crippen molar-refractivity contribution in [3.8, 4) is 0 Å². The number of ether oxygens (including phenoxy) is 2. The Kier molecular flexibility index (Phi) is 35.2. The molecule has 0 bridgehead atoms. The van der Waals surface area contributed by atoms with Crippen molar-refractivity contribution in [1.82, 2.24) is 9.80 Å². The molecule has 0 spiro atoms. The molecule has 0 atom stereocenters. The van der Waals surface area contributed by atoms with Gasteiger partial charge < -0.3 is 19.3 Å². The molecule has 0 fully saturated rings. The molecule has 1 aromatic rings. The predicted molar refractivity (Wildman–Crippen MR) is 232 cm³/mol. The minimum Gasteiger partial charge on any atom is -0.462 e. The highest BCUT2D eigenvalue weighted by atomic mass is 16.5. The van der Waals surface area contributed by atoms with Crippen LogP contribution in [0, 0.1) is 0 Å². The molecule has 0 unspecified atom stereocenters. The molecule has 0 aliphatic heterocycles. The number of unbranched alkanes of at least 4 members (excludes halogenated alkanes) is 22. The lowest BCUT2D eigenvalue weighted by Crippen LogP contribution is -2.27. The Morgan fingerprint density at radius 3 is 0.944 bits per heavy atom. The minimum atomic E-state index is -0.364. The second kappa shape index (κ2) is 38.0. The highest BCUT2D eigenvalue weighted by Crippen LogP contribution is 2.14. The van der Waals surface area contributed by atoms with Crippen molar-refractivity contribution in [3.63, 3.8) is 0 Å². The Morgan fingerprint density at radius 1 is 0.389 bits per heavy atom. The van der Waals surface area contributed by atoms with E-state index in [1.807, 2.05) is 0 Å². The largest absolute Gasteiger partial charge is 0.462 e. The minimum absolute atomic E-state index is 0.364. The lowest BCUT2D eigenvalue weighted by Gasteiger charge is -2.22. The van der Waals surface area contributed by atoms with E-state index < -0.39 is 0 Å². The number of esters is 2. The van der Waals surface area contributed by atoms with E-state index in [0.717, 1.165) is 38.8 Å². The molecular weight excluding hydrogens is 669 g/mol. The Labute approximate surface area is 335 Å². The van der Waals surface area contributed by atoms with Crippen LogP contribution in [0.15, 0.2) is 24.3 Å². The number of carbonyl (C=O) groups excluding carboxylic acids is 2. The molecule has 0 aliphatic carbocycles. The van der Waals surface area contributed by atoms with Crippen molar-refractivity contribution >= 4 is 11.9 Å². The molecule has 0 aliphatic rings.